The number of likely N-dealkylation sites (tertiary alicyclic amines) is 1. The van der Waals surface area contributed by atoms with E-state index >= 15 is 0 Å². The number of hydrogen-bond donors (Lipinski definition) is 1. The van der Waals surface area contributed by atoms with Crippen molar-refractivity contribution in [1.29, 1.82) is 0 Å². The largest absolute Gasteiger partial charge is 0.433 e. The molecule has 2 heterocycles. The van der Waals surface area contributed by atoms with Gasteiger partial charge in [0.25, 0.3) is 0 Å². The Morgan fingerprint density at radius 2 is 2.11 bits per heavy atom. The molecule has 0 aromatic carbocycles. The lowest BCUT2D eigenvalue weighted by Gasteiger charge is -2.29. The number of aromatic nitrogens is 2. The SMILES string of the molecule is CN1CCCC(c2cc(C(F)(F)F)nc(N)n2)C1. The summed E-state index contributed by atoms with van der Waals surface area (Å²) in [6, 6.07) is 1.01. The van der Waals surface area contributed by atoms with Crippen LogP contribution in [-0.4, -0.2) is 35.0 Å². The highest BCUT2D eigenvalue weighted by molar-refractivity contribution is 5.26. The molecule has 0 spiro atoms. The number of nitrogen functional groups attached to an aromatic ring is 1. The summed E-state index contributed by atoms with van der Waals surface area (Å²) in [5.41, 5.74) is 4.79. The highest BCUT2D eigenvalue weighted by atomic mass is 19.4. The number of alkyl halides is 3. The van der Waals surface area contributed by atoms with E-state index in [4.69, 9.17) is 5.73 Å². The first kappa shape index (κ1) is 13.1. The Labute approximate surface area is 103 Å². The molecule has 2 N–H and O–H groups in total. The normalized spacial score (nSPS) is 22.1. The summed E-state index contributed by atoms with van der Waals surface area (Å²) in [5.74, 6) is -0.316. The van der Waals surface area contributed by atoms with Crippen LogP contribution in [0.1, 0.15) is 30.1 Å². The molecule has 1 aromatic rings. The van der Waals surface area contributed by atoms with Gasteiger partial charge in [0.05, 0.1) is 5.69 Å². The molecule has 1 aromatic heterocycles. The second-order valence-electron chi connectivity index (χ2n) is 4.64. The molecule has 0 bridgehead atoms. The number of nitrogens with zero attached hydrogens (tertiary/aromatic N) is 3. The summed E-state index contributed by atoms with van der Waals surface area (Å²) in [6.45, 7) is 1.66. The average Bonchev–Trinajstić information content (AvgIpc) is 2.27. The van der Waals surface area contributed by atoms with Gasteiger partial charge in [0.1, 0.15) is 5.69 Å². The number of piperidine rings is 1. The Balaban J connectivity index is 2.30. The maximum atomic E-state index is 12.6. The minimum absolute atomic E-state index is 0.00449. The van der Waals surface area contributed by atoms with Crippen LogP contribution in [0.5, 0.6) is 0 Å². The van der Waals surface area contributed by atoms with E-state index in [2.05, 4.69) is 14.9 Å². The minimum atomic E-state index is -4.48. The highest BCUT2D eigenvalue weighted by Gasteiger charge is 2.34. The smallest absolute Gasteiger partial charge is 0.368 e. The Morgan fingerprint density at radius 3 is 2.72 bits per heavy atom. The van der Waals surface area contributed by atoms with E-state index in [0.717, 1.165) is 25.5 Å². The first-order valence-electron chi connectivity index (χ1n) is 5.76. The van der Waals surface area contributed by atoms with Crippen molar-refractivity contribution in [2.45, 2.75) is 24.9 Å². The summed E-state index contributed by atoms with van der Waals surface area (Å²) >= 11 is 0. The first-order chi connectivity index (χ1) is 8.36. The zero-order valence-electron chi connectivity index (χ0n) is 10.0. The van der Waals surface area contributed by atoms with Gasteiger partial charge in [-0.1, -0.05) is 0 Å². The van der Waals surface area contributed by atoms with Crippen LogP contribution in [0.3, 0.4) is 0 Å². The standard InChI is InChI=1S/C11H15F3N4/c1-18-4-2-3-7(6-18)8-5-9(11(12,13)14)17-10(15)16-8/h5,7H,2-4,6H2,1H3,(H2,15,16,17). The van der Waals surface area contributed by atoms with E-state index in [1.165, 1.54) is 0 Å². The first-order valence-corrected chi connectivity index (χ1v) is 5.76. The molecule has 1 aliphatic heterocycles. The highest BCUT2D eigenvalue weighted by Crippen LogP contribution is 2.31. The molecule has 18 heavy (non-hydrogen) atoms. The zero-order chi connectivity index (χ0) is 13.3. The van der Waals surface area contributed by atoms with E-state index in [-0.39, 0.29) is 11.9 Å². The maximum Gasteiger partial charge on any atom is 0.433 e. The molecule has 100 valence electrons. The van der Waals surface area contributed by atoms with Gasteiger partial charge in [0, 0.05) is 12.5 Å². The fourth-order valence-electron chi connectivity index (χ4n) is 2.25. The Hall–Kier alpha value is -1.37. The van der Waals surface area contributed by atoms with Crippen LogP contribution in [0.4, 0.5) is 19.1 Å². The molecule has 1 unspecified atom stereocenters. The predicted octanol–water partition coefficient (Wildman–Crippen LogP) is 1.89. The molecule has 0 radical (unpaired) electrons. The van der Waals surface area contributed by atoms with Gasteiger partial charge in [-0.3, -0.25) is 0 Å². The molecule has 1 fully saturated rings. The lowest BCUT2D eigenvalue weighted by molar-refractivity contribution is -0.141. The van der Waals surface area contributed by atoms with Crippen LogP contribution in [0, 0.1) is 0 Å². The van der Waals surface area contributed by atoms with Crippen molar-refractivity contribution in [3.8, 4) is 0 Å². The second kappa shape index (κ2) is 4.72. The predicted molar refractivity (Wildman–Crippen MR) is 60.9 cm³/mol. The summed E-state index contributed by atoms with van der Waals surface area (Å²) in [7, 11) is 1.95. The third-order valence-corrected chi connectivity index (χ3v) is 3.10. The van der Waals surface area contributed by atoms with Crippen molar-refractivity contribution >= 4 is 5.95 Å². The fourth-order valence-corrected chi connectivity index (χ4v) is 2.25. The second-order valence-corrected chi connectivity index (χ2v) is 4.64. The number of halogens is 3. The molecule has 1 saturated heterocycles. The van der Waals surface area contributed by atoms with E-state index in [1.807, 2.05) is 7.05 Å². The molecule has 1 atom stereocenters. The van der Waals surface area contributed by atoms with Gasteiger partial charge in [0.2, 0.25) is 5.95 Å². The van der Waals surface area contributed by atoms with Crippen LogP contribution in [-0.2, 0) is 6.18 Å². The molecule has 4 nitrogen and oxygen atoms in total. The van der Waals surface area contributed by atoms with E-state index in [1.54, 1.807) is 0 Å². The molecule has 0 aliphatic carbocycles. The van der Waals surface area contributed by atoms with Crippen molar-refractivity contribution in [3.63, 3.8) is 0 Å². The maximum absolute atomic E-state index is 12.6. The van der Waals surface area contributed by atoms with Gasteiger partial charge in [0.15, 0.2) is 0 Å². The van der Waals surface area contributed by atoms with Crippen LogP contribution < -0.4 is 5.73 Å². The van der Waals surface area contributed by atoms with E-state index in [0.29, 0.717) is 12.2 Å². The van der Waals surface area contributed by atoms with E-state index < -0.39 is 11.9 Å². The summed E-state index contributed by atoms with van der Waals surface area (Å²) in [4.78, 5) is 9.28. The molecule has 2 rings (SSSR count). The summed E-state index contributed by atoms with van der Waals surface area (Å²) < 4.78 is 37.9. The van der Waals surface area contributed by atoms with Gasteiger partial charge in [-0.15, -0.1) is 0 Å². The Kier molecular flexibility index (Phi) is 3.43. The number of rotatable bonds is 1. The van der Waals surface area contributed by atoms with Gasteiger partial charge in [-0.2, -0.15) is 13.2 Å². The van der Waals surface area contributed by atoms with Crippen molar-refractivity contribution in [2.75, 3.05) is 25.9 Å². The quantitative estimate of drug-likeness (QED) is 0.837. The number of anilines is 1. The van der Waals surface area contributed by atoms with Crippen molar-refractivity contribution < 1.29 is 13.2 Å². The van der Waals surface area contributed by atoms with E-state index in [9.17, 15) is 13.2 Å². The Bertz CT molecular complexity index is 433. The average molecular weight is 260 g/mol. The summed E-state index contributed by atoms with van der Waals surface area (Å²) in [5, 5.41) is 0. The lowest BCUT2D eigenvalue weighted by Crippen LogP contribution is -2.31. The molecular formula is C11H15F3N4. The number of hydrogen-bond acceptors (Lipinski definition) is 4. The summed E-state index contributed by atoms with van der Waals surface area (Å²) in [6.07, 6.45) is -2.70. The lowest BCUT2D eigenvalue weighted by atomic mass is 9.94. The van der Waals surface area contributed by atoms with Crippen LogP contribution in [0.2, 0.25) is 0 Å². The van der Waals surface area contributed by atoms with Gasteiger partial charge in [-0.05, 0) is 32.5 Å². The number of likely N-dealkylation sites (N-methyl/N-ethyl adjacent to an activating group) is 1. The molecule has 7 heteroatoms. The molecule has 1 aliphatic rings. The third kappa shape index (κ3) is 2.90. The Morgan fingerprint density at radius 1 is 1.39 bits per heavy atom. The third-order valence-electron chi connectivity index (χ3n) is 3.10. The monoisotopic (exact) mass is 260 g/mol. The van der Waals surface area contributed by atoms with Crippen molar-refractivity contribution in [2.24, 2.45) is 0 Å². The van der Waals surface area contributed by atoms with Crippen molar-refractivity contribution in [3.05, 3.63) is 17.5 Å². The van der Waals surface area contributed by atoms with Crippen molar-refractivity contribution in [1.82, 2.24) is 14.9 Å². The number of nitrogens with two attached hydrogens (primary N) is 1. The fraction of sp³-hybridized carbons (Fsp3) is 0.636. The zero-order valence-corrected chi connectivity index (χ0v) is 10.0. The topological polar surface area (TPSA) is 55.0 Å². The van der Waals surface area contributed by atoms with Crippen LogP contribution in [0.25, 0.3) is 0 Å². The van der Waals surface area contributed by atoms with Gasteiger partial charge in [-0.25, -0.2) is 9.97 Å². The molecular weight excluding hydrogens is 245 g/mol. The molecule has 0 saturated carbocycles. The molecule has 0 amide bonds. The minimum Gasteiger partial charge on any atom is -0.368 e. The van der Waals surface area contributed by atoms with Crippen LogP contribution in [0.15, 0.2) is 6.07 Å². The van der Waals surface area contributed by atoms with Gasteiger partial charge >= 0.3 is 6.18 Å². The van der Waals surface area contributed by atoms with Crippen LogP contribution >= 0.6 is 0 Å². The van der Waals surface area contributed by atoms with Gasteiger partial charge < -0.3 is 10.6 Å².